The lowest BCUT2D eigenvalue weighted by Gasteiger charge is -2.43. The molecule has 3 saturated heterocycles. The van der Waals surface area contributed by atoms with Gasteiger partial charge in [0, 0.05) is 17.7 Å². The fraction of sp³-hybridized carbons (Fsp3) is 0.381. The maximum absolute atomic E-state index is 12.5. The molecule has 4 aliphatic rings. The molecule has 3 heterocycles. The highest BCUT2D eigenvalue weighted by molar-refractivity contribution is 5.79. The van der Waals surface area contributed by atoms with E-state index < -0.39 is 6.16 Å². The van der Waals surface area contributed by atoms with Crippen molar-refractivity contribution in [1.29, 1.82) is 0 Å². The van der Waals surface area contributed by atoms with Crippen LogP contribution in [-0.4, -0.2) is 36.8 Å². The number of rotatable bonds is 2. The van der Waals surface area contributed by atoms with Crippen LogP contribution in [-0.2, 0) is 9.47 Å². The van der Waals surface area contributed by atoms with Crippen LogP contribution in [0.5, 0.6) is 0 Å². The molecule has 6 rings (SSSR count). The number of fused-ring (bicyclic) bond motifs is 6. The highest BCUT2D eigenvalue weighted by Crippen LogP contribution is 2.45. The van der Waals surface area contributed by atoms with Crippen LogP contribution in [0, 0.1) is 5.92 Å². The Balaban J connectivity index is 1.36. The van der Waals surface area contributed by atoms with Gasteiger partial charge in [0.1, 0.15) is 6.10 Å². The van der Waals surface area contributed by atoms with Crippen LogP contribution in [0.3, 0.4) is 0 Å². The molecule has 2 aromatic rings. The van der Waals surface area contributed by atoms with E-state index in [2.05, 4.69) is 17.0 Å². The molecule has 0 radical (unpaired) electrons. The van der Waals surface area contributed by atoms with Gasteiger partial charge in [-0.2, -0.15) is 0 Å². The lowest BCUT2D eigenvalue weighted by Crippen LogP contribution is -2.52. The second-order valence-corrected chi connectivity index (χ2v) is 7.22. The SMILES string of the molecule is O=C(OC1c2ccccc2-c2ccccc21)OC1CN2CCC1CC2. The minimum Gasteiger partial charge on any atom is -0.429 e. The van der Waals surface area contributed by atoms with E-state index in [-0.39, 0.29) is 12.2 Å². The molecule has 4 heteroatoms. The minimum atomic E-state index is -0.546. The van der Waals surface area contributed by atoms with Gasteiger partial charge in [-0.15, -0.1) is 0 Å². The predicted molar refractivity (Wildman–Crippen MR) is 94.2 cm³/mol. The summed E-state index contributed by atoms with van der Waals surface area (Å²) in [6.07, 6.45) is 1.29. The molecule has 4 nitrogen and oxygen atoms in total. The van der Waals surface area contributed by atoms with Crippen molar-refractivity contribution >= 4 is 6.16 Å². The number of carbonyl (C=O) groups excluding carboxylic acids is 1. The summed E-state index contributed by atoms with van der Waals surface area (Å²) in [6.45, 7) is 3.10. The van der Waals surface area contributed by atoms with Crippen molar-refractivity contribution in [2.24, 2.45) is 5.92 Å². The molecular weight excluding hydrogens is 314 g/mol. The Morgan fingerprint density at radius 3 is 2.04 bits per heavy atom. The van der Waals surface area contributed by atoms with Gasteiger partial charge in [0.05, 0.1) is 0 Å². The zero-order valence-electron chi connectivity index (χ0n) is 14.1. The topological polar surface area (TPSA) is 38.8 Å². The van der Waals surface area contributed by atoms with Gasteiger partial charge in [0.15, 0.2) is 6.10 Å². The Bertz CT molecular complexity index is 765. The Hall–Kier alpha value is -2.33. The molecule has 0 saturated carbocycles. The van der Waals surface area contributed by atoms with E-state index in [1.54, 1.807) is 0 Å². The van der Waals surface area contributed by atoms with Gasteiger partial charge in [-0.1, -0.05) is 48.5 Å². The van der Waals surface area contributed by atoms with Crippen LogP contribution in [0.4, 0.5) is 4.79 Å². The second-order valence-electron chi connectivity index (χ2n) is 7.22. The first-order chi connectivity index (χ1) is 12.3. The molecule has 0 spiro atoms. The monoisotopic (exact) mass is 335 g/mol. The molecular formula is C21H21NO3. The second kappa shape index (κ2) is 5.88. The summed E-state index contributed by atoms with van der Waals surface area (Å²) < 4.78 is 11.5. The highest BCUT2D eigenvalue weighted by atomic mass is 16.7. The summed E-state index contributed by atoms with van der Waals surface area (Å²) in [5.41, 5.74) is 4.35. The quantitative estimate of drug-likeness (QED) is 0.778. The smallest absolute Gasteiger partial charge is 0.429 e. The number of ether oxygens (including phenoxy) is 2. The Morgan fingerprint density at radius 2 is 1.48 bits per heavy atom. The maximum atomic E-state index is 12.5. The molecule has 1 aliphatic carbocycles. The number of piperidine rings is 3. The van der Waals surface area contributed by atoms with Gasteiger partial charge < -0.3 is 9.47 Å². The van der Waals surface area contributed by atoms with Crippen molar-refractivity contribution in [1.82, 2.24) is 4.90 Å². The molecule has 1 unspecified atom stereocenters. The first kappa shape index (κ1) is 15.0. The van der Waals surface area contributed by atoms with Gasteiger partial charge in [-0.25, -0.2) is 4.79 Å². The number of benzene rings is 2. The first-order valence-electron chi connectivity index (χ1n) is 9.07. The molecule has 0 amide bonds. The van der Waals surface area contributed by atoms with E-state index in [4.69, 9.17) is 9.47 Å². The molecule has 128 valence electrons. The molecule has 3 aliphatic heterocycles. The van der Waals surface area contributed by atoms with E-state index in [9.17, 15) is 4.79 Å². The zero-order valence-corrected chi connectivity index (χ0v) is 14.1. The van der Waals surface area contributed by atoms with Crippen molar-refractivity contribution in [3.8, 4) is 11.1 Å². The van der Waals surface area contributed by atoms with Crippen LogP contribution >= 0.6 is 0 Å². The van der Waals surface area contributed by atoms with Crippen molar-refractivity contribution < 1.29 is 14.3 Å². The average molecular weight is 335 g/mol. The van der Waals surface area contributed by atoms with E-state index in [1.807, 2.05) is 36.4 Å². The third-order valence-corrected chi connectivity index (χ3v) is 5.83. The molecule has 3 fully saturated rings. The molecule has 2 bridgehead atoms. The van der Waals surface area contributed by atoms with E-state index in [0.717, 1.165) is 54.7 Å². The fourth-order valence-corrected chi connectivity index (χ4v) is 4.53. The number of hydrogen-bond donors (Lipinski definition) is 0. The van der Waals surface area contributed by atoms with Gasteiger partial charge in [-0.3, -0.25) is 4.90 Å². The summed E-state index contributed by atoms with van der Waals surface area (Å²) in [6, 6.07) is 16.2. The Labute approximate surface area is 147 Å². The van der Waals surface area contributed by atoms with Crippen LogP contribution in [0.1, 0.15) is 30.1 Å². The molecule has 2 aromatic carbocycles. The predicted octanol–water partition coefficient (Wildman–Crippen LogP) is 4.00. The van der Waals surface area contributed by atoms with Crippen LogP contribution in [0.15, 0.2) is 48.5 Å². The first-order valence-corrected chi connectivity index (χ1v) is 9.07. The Kier molecular flexibility index (Phi) is 3.52. The lowest BCUT2D eigenvalue weighted by atomic mass is 9.86. The zero-order chi connectivity index (χ0) is 16.8. The average Bonchev–Trinajstić information content (AvgIpc) is 2.97. The van der Waals surface area contributed by atoms with Crippen LogP contribution < -0.4 is 0 Å². The van der Waals surface area contributed by atoms with Crippen LogP contribution in [0.25, 0.3) is 11.1 Å². The largest absolute Gasteiger partial charge is 0.509 e. The fourth-order valence-electron chi connectivity index (χ4n) is 4.53. The third kappa shape index (κ3) is 2.52. The summed E-state index contributed by atoms with van der Waals surface area (Å²) >= 11 is 0. The van der Waals surface area contributed by atoms with Crippen molar-refractivity contribution in [3.05, 3.63) is 59.7 Å². The van der Waals surface area contributed by atoms with Crippen molar-refractivity contribution in [3.63, 3.8) is 0 Å². The standard InChI is InChI=1S/C21H21NO3/c23-21(24-19-13-22-11-9-14(19)10-12-22)25-20-17-7-3-1-5-15(17)16-6-2-4-8-18(16)20/h1-8,14,19-20H,9-13H2. The minimum absolute atomic E-state index is 0.0260. The maximum Gasteiger partial charge on any atom is 0.509 e. The normalized spacial score (nSPS) is 26.8. The van der Waals surface area contributed by atoms with Gasteiger partial charge in [0.25, 0.3) is 0 Å². The summed E-state index contributed by atoms with van der Waals surface area (Å²) in [4.78, 5) is 14.9. The number of nitrogens with zero attached hydrogens (tertiary/aromatic N) is 1. The lowest BCUT2D eigenvalue weighted by molar-refractivity contribution is -0.0639. The summed E-state index contributed by atoms with van der Waals surface area (Å²) in [5, 5.41) is 0. The highest BCUT2D eigenvalue weighted by Gasteiger charge is 2.38. The number of hydrogen-bond acceptors (Lipinski definition) is 4. The van der Waals surface area contributed by atoms with Gasteiger partial charge in [-0.05, 0) is 43.0 Å². The summed E-state index contributed by atoms with van der Waals surface area (Å²) in [5.74, 6) is 0.487. The third-order valence-electron chi connectivity index (χ3n) is 5.83. The van der Waals surface area contributed by atoms with Crippen molar-refractivity contribution in [2.75, 3.05) is 19.6 Å². The molecule has 0 N–H and O–H groups in total. The molecule has 25 heavy (non-hydrogen) atoms. The summed E-state index contributed by atoms with van der Waals surface area (Å²) in [7, 11) is 0. The van der Waals surface area contributed by atoms with Gasteiger partial charge in [0.2, 0.25) is 0 Å². The van der Waals surface area contributed by atoms with E-state index in [0.29, 0.717) is 5.92 Å². The molecule has 1 atom stereocenters. The van der Waals surface area contributed by atoms with Gasteiger partial charge >= 0.3 is 6.16 Å². The van der Waals surface area contributed by atoms with E-state index in [1.165, 1.54) is 0 Å². The Morgan fingerprint density at radius 1 is 0.880 bits per heavy atom. The van der Waals surface area contributed by atoms with E-state index >= 15 is 0 Å². The molecule has 0 aromatic heterocycles. The number of carbonyl (C=O) groups is 1. The van der Waals surface area contributed by atoms with Crippen LogP contribution in [0.2, 0.25) is 0 Å². The van der Waals surface area contributed by atoms with Crippen molar-refractivity contribution in [2.45, 2.75) is 25.0 Å².